The van der Waals surface area contributed by atoms with Crippen LogP contribution in [0, 0.1) is 0 Å². The van der Waals surface area contributed by atoms with Gasteiger partial charge in [0.2, 0.25) is 10.0 Å². The molecule has 12 heteroatoms. The Morgan fingerprint density at radius 3 is 2.84 bits per heavy atom. The number of hydrogen-bond acceptors (Lipinski definition) is 6. The molecule has 5 rings (SSSR count). The Hall–Kier alpha value is -2.73. The van der Waals surface area contributed by atoms with Crippen LogP contribution >= 0.6 is 0 Å². The summed E-state index contributed by atoms with van der Waals surface area (Å²) >= 11 is 0. The van der Waals surface area contributed by atoms with Gasteiger partial charge in [0.15, 0.2) is 5.65 Å². The predicted molar refractivity (Wildman–Crippen MR) is 105 cm³/mol. The van der Waals surface area contributed by atoms with Gasteiger partial charge in [-0.3, -0.25) is 4.40 Å². The van der Waals surface area contributed by atoms with Crippen LogP contribution in [0.15, 0.2) is 35.4 Å². The zero-order valence-corrected chi connectivity index (χ0v) is 17.0. The number of benzene rings is 1. The highest BCUT2D eigenvalue weighted by Gasteiger charge is 2.35. The van der Waals surface area contributed by atoms with Gasteiger partial charge in [-0.25, -0.2) is 18.1 Å². The van der Waals surface area contributed by atoms with Crippen molar-refractivity contribution in [3.05, 3.63) is 47.5 Å². The Morgan fingerprint density at radius 1 is 1.19 bits per heavy atom. The van der Waals surface area contributed by atoms with Gasteiger partial charge < -0.3 is 5.32 Å². The predicted octanol–water partition coefficient (Wildman–Crippen LogP) is 2.73. The minimum absolute atomic E-state index is 0.0173. The Kier molecular flexibility index (Phi) is 4.66. The molecule has 0 radical (unpaired) electrons. The number of hydrogen-bond donors (Lipinski definition) is 2. The van der Waals surface area contributed by atoms with Gasteiger partial charge in [-0.05, 0) is 37.5 Å². The standard InChI is InChI=1S/C19H19F3N6O2S/c20-19(21,22)12-2-1-3-14(9-12)31(29,30)27-13-5-4-11(8-13)18-26-25-16-10-24-17-15(28(16)18)6-7-23-17/h1-3,9-11,13,23,27H,4-8H2/t11-,13+/m1/s1. The van der Waals surface area contributed by atoms with Gasteiger partial charge in [0.25, 0.3) is 0 Å². The lowest BCUT2D eigenvalue weighted by molar-refractivity contribution is -0.137. The highest BCUT2D eigenvalue weighted by atomic mass is 32.2. The van der Waals surface area contributed by atoms with E-state index in [9.17, 15) is 21.6 Å². The van der Waals surface area contributed by atoms with Crippen LogP contribution in [0.4, 0.5) is 19.0 Å². The molecular formula is C19H19F3N6O2S. The molecule has 2 aliphatic rings. The number of anilines is 1. The van der Waals surface area contributed by atoms with Crippen LogP contribution < -0.4 is 10.0 Å². The van der Waals surface area contributed by atoms with Crippen molar-refractivity contribution >= 4 is 21.5 Å². The molecule has 0 unspecified atom stereocenters. The number of nitrogens with zero attached hydrogens (tertiary/aromatic N) is 4. The van der Waals surface area contributed by atoms with Crippen molar-refractivity contribution < 1.29 is 21.6 Å². The van der Waals surface area contributed by atoms with Crippen molar-refractivity contribution in [1.29, 1.82) is 0 Å². The number of aromatic nitrogens is 4. The number of nitrogens with one attached hydrogen (secondary N) is 2. The molecule has 3 aromatic rings. The van der Waals surface area contributed by atoms with Gasteiger partial charge >= 0.3 is 6.18 Å². The van der Waals surface area contributed by atoms with Crippen molar-refractivity contribution in [3.63, 3.8) is 0 Å². The molecule has 0 amide bonds. The molecule has 2 aromatic heterocycles. The summed E-state index contributed by atoms with van der Waals surface area (Å²) in [6.45, 7) is 0.781. The molecule has 1 fully saturated rings. The van der Waals surface area contributed by atoms with Gasteiger partial charge in [-0.15, -0.1) is 10.2 Å². The molecule has 0 saturated heterocycles. The molecule has 8 nitrogen and oxygen atoms in total. The number of halogens is 3. The van der Waals surface area contributed by atoms with Crippen LogP contribution in [0.25, 0.3) is 5.65 Å². The van der Waals surface area contributed by atoms with Crippen molar-refractivity contribution in [2.75, 3.05) is 11.9 Å². The third-order valence-corrected chi connectivity index (χ3v) is 7.33. The topological polar surface area (TPSA) is 101 Å². The molecule has 3 heterocycles. The van der Waals surface area contributed by atoms with Crippen LogP contribution in [0.5, 0.6) is 0 Å². The second-order valence-corrected chi connectivity index (χ2v) is 9.55. The van der Waals surface area contributed by atoms with Gasteiger partial charge in [0.1, 0.15) is 11.6 Å². The molecule has 31 heavy (non-hydrogen) atoms. The van der Waals surface area contributed by atoms with E-state index in [1.807, 2.05) is 4.40 Å². The quantitative estimate of drug-likeness (QED) is 0.631. The first kappa shape index (κ1) is 20.2. The molecule has 1 aromatic carbocycles. The molecular weight excluding hydrogens is 433 g/mol. The van der Waals surface area contributed by atoms with Crippen molar-refractivity contribution in [1.82, 2.24) is 24.3 Å². The Morgan fingerprint density at radius 2 is 2.03 bits per heavy atom. The summed E-state index contributed by atoms with van der Waals surface area (Å²) in [4.78, 5) is 3.95. The fraction of sp³-hybridized carbons (Fsp3) is 0.421. The second kappa shape index (κ2) is 7.16. The third-order valence-electron chi connectivity index (χ3n) is 5.81. The van der Waals surface area contributed by atoms with Crippen LogP contribution in [0.1, 0.15) is 42.3 Å². The fourth-order valence-electron chi connectivity index (χ4n) is 4.36. The minimum Gasteiger partial charge on any atom is -0.368 e. The summed E-state index contributed by atoms with van der Waals surface area (Å²) in [6, 6.07) is 3.37. The van der Waals surface area contributed by atoms with Gasteiger partial charge in [-0.2, -0.15) is 13.2 Å². The summed E-state index contributed by atoms with van der Waals surface area (Å²) in [7, 11) is -4.08. The Bertz CT molecular complexity index is 1260. The first-order valence-corrected chi connectivity index (χ1v) is 11.4. The van der Waals surface area contributed by atoms with E-state index in [1.54, 1.807) is 6.20 Å². The van der Waals surface area contributed by atoms with E-state index < -0.39 is 32.7 Å². The largest absolute Gasteiger partial charge is 0.416 e. The minimum atomic E-state index is -4.61. The average Bonchev–Trinajstić information content (AvgIpc) is 3.45. The van der Waals surface area contributed by atoms with E-state index in [0.717, 1.165) is 42.4 Å². The lowest BCUT2D eigenvalue weighted by atomic mass is 10.1. The van der Waals surface area contributed by atoms with E-state index in [0.29, 0.717) is 31.0 Å². The Labute approximate surface area is 175 Å². The molecule has 1 aliphatic carbocycles. The summed E-state index contributed by atoms with van der Waals surface area (Å²) in [5.41, 5.74) is 0.654. The van der Waals surface area contributed by atoms with E-state index in [4.69, 9.17) is 0 Å². The molecule has 1 saturated carbocycles. The van der Waals surface area contributed by atoms with E-state index in [-0.39, 0.29) is 5.92 Å². The molecule has 0 bridgehead atoms. The van der Waals surface area contributed by atoms with Crippen LogP contribution in [-0.2, 0) is 22.6 Å². The smallest absolute Gasteiger partial charge is 0.368 e. The van der Waals surface area contributed by atoms with Gasteiger partial charge in [0.05, 0.1) is 22.3 Å². The molecule has 0 spiro atoms. The number of rotatable bonds is 4. The number of alkyl halides is 3. The summed E-state index contributed by atoms with van der Waals surface area (Å²) in [5, 5.41) is 11.7. The van der Waals surface area contributed by atoms with Crippen molar-refractivity contribution in [3.8, 4) is 0 Å². The van der Waals surface area contributed by atoms with Gasteiger partial charge in [0, 0.05) is 24.9 Å². The van der Waals surface area contributed by atoms with E-state index >= 15 is 0 Å². The Balaban J connectivity index is 1.36. The van der Waals surface area contributed by atoms with Crippen molar-refractivity contribution in [2.45, 2.75) is 48.7 Å². The highest BCUT2D eigenvalue weighted by molar-refractivity contribution is 7.89. The first-order valence-electron chi connectivity index (χ1n) is 9.89. The van der Waals surface area contributed by atoms with E-state index in [1.165, 1.54) is 6.07 Å². The van der Waals surface area contributed by atoms with Crippen LogP contribution in [0.2, 0.25) is 0 Å². The number of fused-ring (bicyclic) bond motifs is 3. The molecule has 164 valence electrons. The molecule has 1 aliphatic heterocycles. The summed E-state index contributed by atoms with van der Waals surface area (Å²) in [6.07, 6.45) is -0.421. The van der Waals surface area contributed by atoms with Crippen molar-refractivity contribution in [2.24, 2.45) is 0 Å². The highest BCUT2D eigenvalue weighted by Crippen LogP contribution is 2.36. The zero-order chi connectivity index (χ0) is 21.8. The van der Waals surface area contributed by atoms with Gasteiger partial charge in [-0.1, -0.05) is 6.07 Å². The maximum Gasteiger partial charge on any atom is 0.416 e. The second-order valence-electron chi connectivity index (χ2n) is 7.84. The first-order chi connectivity index (χ1) is 14.7. The monoisotopic (exact) mass is 452 g/mol. The van der Waals surface area contributed by atoms with Crippen LogP contribution in [0.3, 0.4) is 0 Å². The summed E-state index contributed by atoms with van der Waals surface area (Å²) < 4.78 is 68.8. The third kappa shape index (κ3) is 3.63. The molecule has 2 atom stereocenters. The van der Waals surface area contributed by atoms with Crippen LogP contribution in [-0.4, -0.2) is 40.6 Å². The SMILES string of the molecule is O=S(=O)(N[C@H]1CC[C@@H](c2nnc3cnc4c(n23)CCN4)C1)c1cccc(C(F)(F)F)c1. The lowest BCUT2D eigenvalue weighted by Crippen LogP contribution is -2.33. The average molecular weight is 452 g/mol. The fourth-order valence-corrected chi connectivity index (χ4v) is 5.69. The zero-order valence-electron chi connectivity index (χ0n) is 16.2. The maximum absolute atomic E-state index is 13.0. The maximum atomic E-state index is 13.0. The molecule has 2 N–H and O–H groups in total. The normalized spacial score (nSPS) is 21.4. The number of sulfonamides is 1. The lowest BCUT2D eigenvalue weighted by Gasteiger charge is -2.15. The van der Waals surface area contributed by atoms with E-state index in [2.05, 4.69) is 25.2 Å². The summed E-state index contributed by atoms with van der Waals surface area (Å²) in [5.74, 6) is 1.54.